The maximum atomic E-state index is 12.5. The van der Waals surface area contributed by atoms with Crippen LogP contribution in [0.25, 0.3) is 21.8 Å². The van der Waals surface area contributed by atoms with Gasteiger partial charge in [-0.15, -0.1) is 0 Å². The van der Waals surface area contributed by atoms with E-state index in [1.807, 2.05) is 18.2 Å². The van der Waals surface area contributed by atoms with Gasteiger partial charge in [-0.25, -0.2) is 9.78 Å². The van der Waals surface area contributed by atoms with Crippen molar-refractivity contribution in [3.8, 4) is 11.5 Å². The molecule has 0 radical (unpaired) electrons. The summed E-state index contributed by atoms with van der Waals surface area (Å²) >= 11 is 12.3. The summed E-state index contributed by atoms with van der Waals surface area (Å²) in [5, 5.41) is 2.49. The first-order valence-electron chi connectivity index (χ1n) is 9.24. The minimum atomic E-state index is -0.500. The summed E-state index contributed by atoms with van der Waals surface area (Å²) in [4.78, 5) is 20.1. The van der Waals surface area contributed by atoms with E-state index in [-0.39, 0.29) is 18.9 Å². The van der Waals surface area contributed by atoms with Gasteiger partial charge in [0.1, 0.15) is 11.5 Å². The largest absolute Gasteiger partial charge is 0.461 e. The Hall–Kier alpha value is -2.80. The zero-order chi connectivity index (χ0) is 21.3. The van der Waals surface area contributed by atoms with Crippen molar-refractivity contribution in [2.45, 2.75) is 13.5 Å². The molecule has 154 valence electrons. The number of nitrogens with zero attached hydrogens (tertiary/aromatic N) is 1. The maximum Gasteiger partial charge on any atom is 0.357 e. The van der Waals surface area contributed by atoms with Crippen LogP contribution in [0.3, 0.4) is 0 Å². The average Bonchev–Trinajstić information content (AvgIpc) is 3.10. The van der Waals surface area contributed by atoms with E-state index in [9.17, 15) is 4.79 Å². The number of rotatable bonds is 6. The number of nitrogens with one attached hydrogen (secondary N) is 1. The summed E-state index contributed by atoms with van der Waals surface area (Å²) in [5.74, 6) is 0.539. The van der Waals surface area contributed by atoms with Crippen LogP contribution in [0.5, 0.6) is 11.5 Å². The summed E-state index contributed by atoms with van der Waals surface area (Å²) in [7, 11) is 1.56. The van der Waals surface area contributed by atoms with Crippen molar-refractivity contribution in [1.29, 1.82) is 0 Å². The molecule has 0 atom stereocenters. The molecule has 0 aliphatic rings. The predicted octanol–water partition coefficient (Wildman–Crippen LogP) is 6.14. The summed E-state index contributed by atoms with van der Waals surface area (Å²) in [6, 6.07) is 10.7. The molecule has 4 aromatic rings. The van der Waals surface area contributed by atoms with Gasteiger partial charge in [0.25, 0.3) is 0 Å². The van der Waals surface area contributed by atoms with Crippen LogP contribution in [0.1, 0.15) is 23.0 Å². The number of esters is 1. The smallest absolute Gasteiger partial charge is 0.357 e. The molecule has 2 aromatic carbocycles. The number of hydrogen-bond acceptors (Lipinski definition) is 5. The standard InChI is InChI=1S/C22H18Cl2N2O4/c1-3-29-22(27)21-13(11-28-2)19-16(10-25-21)26-15-5-4-6-18(20(15)19)30-17-8-7-12(23)9-14(17)24/h4-10,26H,3,11H2,1-2H3. The molecule has 4 rings (SSSR count). The van der Waals surface area contributed by atoms with Crippen molar-refractivity contribution >= 4 is 51.0 Å². The topological polar surface area (TPSA) is 73.4 Å². The lowest BCUT2D eigenvalue weighted by atomic mass is 10.0. The quantitative estimate of drug-likeness (QED) is 0.361. The molecule has 0 saturated carbocycles. The van der Waals surface area contributed by atoms with Gasteiger partial charge in [-0.2, -0.15) is 0 Å². The van der Waals surface area contributed by atoms with Crippen LogP contribution >= 0.6 is 23.2 Å². The number of H-pyrrole nitrogens is 1. The van der Waals surface area contributed by atoms with Gasteiger partial charge in [-0.05, 0) is 37.3 Å². The minimum Gasteiger partial charge on any atom is -0.461 e. The highest BCUT2D eigenvalue weighted by molar-refractivity contribution is 6.35. The van der Waals surface area contributed by atoms with E-state index in [0.29, 0.717) is 27.1 Å². The van der Waals surface area contributed by atoms with Gasteiger partial charge in [0.05, 0.1) is 40.9 Å². The molecule has 0 amide bonds. The van der Waals surface area contributed by atoms with Crippen molar-refractivity contribution in [1.82, 2.24) is 9.97 Å². The third-order valence-corrected chi connectivity index (χ3v) is 5.13. The normalized spacial score (nSPS) is 11.2. The lowest BCUT2D eigenvalue weighted by Crippen LogP contribution is -2.11. The number of carbonyl (C=O) groups excluding carboxylic acids is 1. The molecular weight excluding hydrogens is 427 g/mol. The minimum absolute atomic E-state index is 0.182. The second kappa shape index (κ2) is 8.52. The van der Waals surface area contributed by atoms with E-state index in [1.54, 1.807) is 38.4 Å². The molecule has 2 heterocycles. The van der Waals surface area contributed by atoms with Crippen LogP contribution in [0.15, 0.2) is 42.6 Å². The Morgan fingerprint density at radius 1 is 1.10 bits per heavy atom. The van der Waals surface area contributed by atoms with Gasteiger partial charge < -0.3 is 19.2 Å². The van der Waals surface area contributed by atoms with Crippen LogP contribution in [0.4, 0.5) is 0 Å². The number of ether oxygens (including phenoxy) is 3. The van der Waals surface area contributed by atoms with E-state index in [2.05, 4.69) is 9.97 Å². The second-order valence-electron chi connectivity index (χ2n) is 6.51. The number of pyridine rings is 1. The van der Waals surface area contributed by atoms with Gasteiger partial charge in [0, 0.05) is 23.1 Å². The van der Waals surface area contributed by atoms with E-state index in [1.165, 1.54) is 0 Å². The SMILES string of the molecule is CCOC(=O)c1ncc2[nH]c3cccc(Oc4ccc(Cl)cc4Cl)c3c2c1COC. The van der Waals surface area contributed by atoms with Crippen LogP contribution in [-0.2, 0) is 16.1 Å². The molecule has 0 aliphatic heterocycles. The molecule has 2 aromatic heterocycles. The maximum absolute atomic E-state index is 12.5. The van der Waals surface area contributed by atoms with Gasteiger partial charge in [-0.1, -0.05) is 29.3 Å². The fourth-order valence-electron chi connectivity index (χ4n) is 3.39. The Bertz CT molecular complexity index is 1250. The Balaban J connectivity index is 1.96. The van der Waals surface area contributed by atoms with E-state index < -0.39 is 5.97 Å². The molecule has 30 heavy (non-hydrogen) atoms. The highest BCUT2D eigenvalue weighted by Gasteiger charge is 2.22. The number of carbonyl (C=O) groups is 1. The molecule has 0 saturated heterocycles. The Labute approximate surface area is 182 Å². The van der Waals surface area contributed by atoms with E-state index in [4.69, 9.17) is 37.4 Å². The van der Waals surface area contributed by atoms with Gasteiger partial charge in [-0.3, -0.25) is 0 Å². The molecule has 1 N–H and O–H groups in total. The Kier molecular flexibility index (Phi) is 5.81. The number of aromatic nitrogens is 2. The first-order valence-corrected chi connectivity index (χ1v) is 10.00. The van der Waals surface area contributed by atoms with Crippen LogP contribution in [0, 0.1) is 0 Å². The highest BCUT2D eigenvalue weighted by atomic mass is 35.5. The Morgan fingerprint density at radius 2 is 1.93 bits per heavy atom. The molecule has 8 heteroatoms. The number of hydrogen-bond donors (Lipinski definition) is 1. The van der Waals surface area contributed by atoms with Gasteiger partial charge >= 0.3 is 5.97 Å². The van der Waals surface area contributed by atoms with Crippen LogP contribution in [0.2, 0.25) is 10.0 Å². The second-order valence-corrected chi connectivity index (χ2v) is 7.35. The summed E-state index contributed by atoms with van der Waals surface area (Å²) in [5.41, 5.74) is 2.42. The van der Waals surface area contributed by atoms with Gasteiger partial charge in [0.15, 0.2) is 5.69 Å². The first kappa shape index (κ1) is 20.5. The van der Waals surface area contributed by atoms with Crippen molar-refractivity contribution in [3.05, 3.63) is 63.9 Å². The van der Waals surface area contributed by atoms with Crippen molar-refractivity contribution in [3.63, 3.8) is 0 Å². The fraction of sp³-hybridized carbons (Fsp3) is 0.182. The molecule has 6 nitrogen and oxygen atoms in total. The molecule has 0 unspecified atom stereocenters. The zero-order valence-electron chi connectivity index (χ0n) is 16.3. The monoisotopic (exact) mass is 444 g/mol. The molecule has 0 spiro atoms. The Morgan fingerprint density at radius 3 is 2.67 bits per heavy atom. The number of benzene rings is 2. The molecule has 0 bridgehead atoms. The summed E-state index contributed by atoms with van der Waals surface area (Å²) in [6.07, 6.45) is 1.61. The summed E-state index contributed by atoms with van der Waals surface area (Å²) in [6.45, 7) is 2.18. The molecule has 0 fully saturated rings. The number of halogens is 2. The number of aromatic amines is 1. The average molecular weight is 445 g/mol. The van der Waals surface area contributed by atoms with Crippen LogP contribution in [-0.4, -0.2) is 29.7 Å². The van der Waals surface area contributed by atoms with Gasteiger partial charge in [0.2, 0.25) is 0 Å². The van der Waals surface area contributed by atoms with Crippen LogP contribution < -0.4 is 4.74 Å². The third kappa shape index (κ3) is 3.69. The molecule has 0 aliphatic carbocycles. The van der Waals surface area contributed by atoms with Crippen molar-refractivity contribution in [2.75, 3.05) is 13.7 Å². The zero-order valence-corrected chi connectivity index (χ0v) is 17.8. The van der Waals surface area contributed by atoms with E-state index in [0.717, 1.165) is 21.8 Å². The lowest BCUT2D eigenvalue weighted by molar-refractivity contribution is 0.0514. The number of methoxy groups -OCH3 is 1. The molecular formula is C22H18Cl2N2O4. The fourth-order valence-corrected chi connectivity index (χ4v) is 3.84. The third-order valence-electron chi connectivity index (χ3n) is 4.60. The number of fused-ring (bicyclic) bond motifs is 3. The van der Waals surface area contributed by atoms with Crippen molar-refractivity contribution in [2.24, 2.45) is 0 Å². The summed E-state index contributed by atoms with van der Waals surface area (Å²) < 4.78 is 16.7. The lowest BCUT2D eigenvalue weighted by Gasteiger charge is -2.12. The highest BCUT2D eigenvalue weighted by Crippen LogP contribution is 2.40. The predicted molar refractivity (Wildman–Crippen MR) is 117 cm³/mol. The van der Waals surface area contributed by atoms with Crippen molar-refractivity contribution < 1.29 is 19.0 Å². The van der Waals surface area contributed by atoms with E-state index >= 15 is 0 Å². The first-order chi connectivity index (χ1) is 14.5.